The van der Waals surface area contributed by atoms with Gasteiger partial charge in [-0.15, -0.1) is 11.3 Å². The number of fused-ring (bicyclic) bond motifs is 1. The molecule has 2 aromatic heterocycles. The quantitative estimate of drug-likeness (QED) is 0.456. The zero-order valence-corrected chi connectivity index (χ0v) is 20.0. The van der Waals surface area contributed by atoms with Crippen molar-refractivity contribution < 1.29 is 9.59 Å². The molecule has 0 radical (unpaired) electrons. The maximum Gasteiger partial charge on any atom is 0.263 e. The third-order valence-corrected chi connectivity index (χ3v) is 7.98. The summed E-state index contributed by atoms with van der Waals surface area (Å²) in [6.07, 6.45) is 1.49. The maximum absolute atomic E-state index is 13.2. The number of primary amides is 1. The lowest BCUT2D eigenvalue weighted by molar-refractivity contribution is -0.132. The van der Waals surface area contributed by atoms with Crippen molar-refractivity contribution in [3.63, 3.8) is 0 Å². The maximum atomic E-state index is 13.2. The average molecular weight is 471 g/mol. The third-order valence-electron chi connectivity index (χ3n) is 6.09. The van der Waals surface area contributed by atoms with Crippen molar-refractivity contribution in [1.29, 1.82) is 0 Å². The van der Waals surface area contributed by atoms with Gasteiger partial charge in [-0.1, -0.05) is 30.0 Å². The smallest absolute Gasteiger partial charge is 0.263 e. The van der Waals surface area contributed by atoms with Gasteiger partial charge in [0.2, 0.25) is 11.8 Å². The van der Waals surface area contributed by atoms with Crippen molar-refractivity contribution >= 4 is 45.1 Å². The van der Waals surface area contributed by atoms with Crippen molar-refractivity contribution in [3.8, 4) is 11.1 Å². The Kier molecular flexibility index (Phi) is 6.39. The van der Waals surface area contributed by atoms with Crippen LogP contribution in [0.4, 0.5) is 0 Å². The van der Waals surface area contributed by atoms with Gasteiger partial charge in [0.05, 0.1) is 17.1 Å². The Morgan fingerprint density at radius 3 is 2.78 bits per heavy atom. The zero-order valence-electron chi connectivity index (χ0n) is 18.4. The van der Waals surface area contributed by atoms with Gasteiger partial charge in [-0.25, -0.2) is 4.98 Å². The van der Waals surface area contributed by atoms with Gasteiger partial charge in [-0.2, -0.15) is 0 Å². The minimum Gasteiger partial charge on any atom is -0.369 e. The molecule has 32 heavy (non-hydrogen) atoms. The van der Waals surface area contributed by atoms with Crippen LogP contribution in [0.15, 0.2) is 33.5 Å². The molecular formula is C23H26N4O3S2. The molecule has 1 aliphatic rings. The standard InChI is InChI=1S/C23H26N4O3S2/c1-13-6-7-15(9-14(13)2)17-11-31-21-19(17)22(30)26(3)23(25-21)32-12-18(28)27-8-4-5-16(10-27)20(24)29/h6-7,9,11,16H,4-5,8,10,12H2,1-3H3,(H2,24,29). The van der Waals surface area contributed by atoms with Crippen molar-refractivity contribution in [1.82, 2.24) is 14.5 Å². The van der Waals surface area contributed by atoms with Gasteiger partial charge >= 0.3 is 0 Å². The lowest BCUT2D eigenvalue weighted by Crippen LogP contribution is -2.44. The number of piperidine rings is 1. The molecule has 1 aromatic carbocycles. The number of hydrogen-bond acceptors (Lipinski definition) is 6. The van der Waals surface area contributed by atoms with E-state index in [0.29, 0.717) is 28.5 Å². The highest BCUT2D eigenvalue weighted by Crippen LogP contribution is 2.33. The normalized spacial score (nSPS) is 16.5. The van der Waals surface area contributed by atoms with Crippen LogP contribution in [-0.4, -0.2) is 45.1 Å². The molecule has 3 heterocycles. The highest BCUT2D eigenvalue weighted by Gasteiger charge is 2.27. The molecule has 1 saturated heterocycles. The summed E-state index contributed by atoms with van der Waals surface area (Å²) in [4.78, 5) is 44.4. The van der Waals surface area contributed by atoms with Crippen LogP contribution >= 0.6 is 23.1 Å². The first kappa shape index (κ1) is 22.5. The van der Waals surface area contributed by atoms with Crippen LogP contribution in [0, 0.1) is 19.8 Å². The van der Waals surface area contributed by atoms with Crippen LogP contribution < -0.4 is 11.3 Å². The second kappa shape index (κ2) is 9.07. The number of carbonyl (C=O) groups is 2. The highest BCUT2D eigenvalue weighted by atomic mass is 32.2. The van der Waals surface area contributed by atoms with Gasteiger partial charge < -0.3 is 10.6 Å². The van der Waals surface area contributed by atoms with E-state index in [2.05, 4.69) is 31.0 Å². The first-order valence-electron chi connectivity index (χ1n) is 10.5. The molecule has 1 unspecified atom stereocenters. The Labute approximate surface area is 194 Å². The van der Waals surface area contributed by atoms with Crippen LogP contribution in [0.1, 0.15) is 24.0 Å². The fraction of sp³-hybridized carbons (Fsp3) is 0.391. The topological polar surface area (TPSA) is 98.3 Å². The Bertz CT molecular complexity index is 1260. The van der Waals surface area contributed by atoms with Crippen molar-refractivity contribution in [2.45, 2.75) is 31.8 Å². The summed E-state index contributed by atoms with van der Waals surface area (Å²) in [7, 11) is 1.69. The van der Waals surface area contributed by atoms with Crippen LogP contribution in [-0.2, 0) is 16.6 Å². The highest BCUT2D eigenvalue weighted by molar-refractivity contribution is 7.99. The van der Waals surface area contributed by atoms with Crippen LogP contribution in [0.3, 0.4) is 0 Å². The van der Waals surface area contributed by atoms with Gasteiger partial charge in [-0.05, 0) is 43.4 Å². The molecule has 9 heteroatoms. The summed E-state index contributed by atoms with van der Waals surface area (Å²) in [6, 6.07) is 6.18. The lowest BCUT2D eigenvalue weighted by Gasteiger charge is -2.31. The van der Waals surface area contributed by atoms with Crippen molar-refractivity contribution in [3.05, 3.63) is 45.1 Å². The van der Waals surface area contributed by atoms with E-state index in [4.69, 9.17) is 5.73 Å². The van der Waals surface area contributed by atoms with Gasteiger partial charge in [0, 0.05) is 31.1 Å². The molecule has 1 fully saturated rings. The first-order valence-corrected chi connectivity index (χ1v) is 12.4. The van der Waals surface area contributed by atoms with Gasteiger partial charge in [0.15, 0.2) is 5.16 Å². The number of benzene rings is 1. The summed E-state index contributed by atoms with van der Waals surface area (Å²) < 4.78 is 1.51. The second-order valence-corrected chi connectivity index (χ2v) is 10.1. The van der Waals surface area contributed by atoms with Crippen molar-refractivity contribution in [2.75, 3.05) is 18.8 Å². The molecule has 168 valence electrons. The van der Waals surface area contributed by atoms with E-state index >= 15 is 0 Å². The molecule has 3 aromatic rings. The molecule has 0 saturated carbocycles. The fourth-order valence-corrected chi connectivity index (χ4v) is 5.82. The number of rotatable bonds is 5. The molecule has 7 nitrogen and oxygen atoms in total. The zero-order chi connectivity index (χ0) is 23.0. The number of aryl methyl sites for hydroxylation is 2. The molecule has 0 aliphatic carbocycles. The number of nitrogens with zero attached hydrogens (tertiary/aromatic N) is 3. The predicted molar refractivity (Wildman–Crippen MR) is 129 cm³/mol. The van der Waals surface area contributed by atoms with E-state index in [1.165, 1.54) is 38.8 Å². The molecule has 0 spiro atoms. The van der Waals surface area contributed by atoms with E-state index in [9.17, 15) is 14.4 Å². The Morgan fingerprint density at radius 2 is 2.06 bits per heavy atom. The largest absolute Gasteiger partial charge is 0.369 e. The molecule has 4 rings (SSSR count). The van der Waals surface area contributed by atoms with Gasteiger partial charge in [0.25, 0.3) is 5.56 Å². The van der Waals surface area contributed by atoms with E-state index in [1.54, 1.807) is 11.9 Å². The molecule has 0 bridgehead atoms. The summed E-state index contributed by atoms with van der Waals surface area (Å²) >= 11 is 2.69. The lowest BCUT2D eigenvalue weighted by atomic mass is 9.97. The van der Waals surface area contributed by atoms with Crippen LogP contribution in [0.5, 0.6) is 0 Å². The van der Waals surface area contributed by atoms with E-state index in [0.717, 1.165) is 24.0 Å². The number of aromatic nitrogens is 2. The summed E-state index contributed by atoms with van der Waals surface area (Å²) in [6.45, 7) is 5.11. The average Bonchev–Trinajstić information content (AvgIpc) is 3.21. The summed E-state index contributed by atoms with van der Waals surface area (Å²) in [5, 5.41) is 3.09. The molecule has 2 amide bonds. The van der Waals surface area contributed by atoms with E-state index in [1.807, 2.05) is 11.4 Å². The minimum atomic E-state index is -0.359. The number of likely N-dealkylation sites (tertiary alicyclic amines) is 1. The number of hydrogen-bond donors (Lipinski definition) is 1. The first-order chi connectivity index (χ1) is 15.3. The monoisotopic (exact) mass is 470 g/mol. The number of thioether (sulfide) groups is 1. The molecule has 2 N–H and O–H groups in total. The van der Waals surface area contributed by atoms with Crippen LogP contribution in [0.25, 0.3) is 21.3 Å². The van der Waals surface area contributed by atoms with Crippen molar-refractivity contribution in [2.24, 2.45) is 18.7 Å². The minimum absolute atomic E-state index is 0.0719. The summed E-state index contributed by atoms with van der Waals surface area (Å²) in [5.74, 6) is -0.558. The Morgan fingerprint density at radius 1 is 1.28 bits per heavy atom. The van der Waals surface area contributed by atoms with Gasteiger partial charge in [-0.3, -0.25) is 19.0 Å². The fourth-order valence-electron chi connectivity index (χ4n) is 3.96. The van der Waals surface area contributed by atoms with E-state index in [-0.39, 0.29) is 29.0 Å². The molecule has 1 aliphatic heterocycles. The number of thiophene rings is 1. The number of carbonyl (C=O) groups excluding carboxylic acids is 2. The Hall–Kier alpha value is -2.65. The number of amides is 2. The predicted octanol–water partition coefficient (Wildman–Crippen LogP) is 3.09. The third kappa shape index (κ3) is 4.31. The Balaban J connectivity index is 1.56. The molecular weight excluding hydrogens is 444 g/mol. The second-order valence-electron chi connectivity index (χ2n) is 8.26. The number of nitrogens with two attached hydrogens (primary N) is 1. The van der Waals surface area contributed by atoms with Gasteiger partial charge in [0.1, 0.15) is 4.83 Å². The van der Waals surface area contributed by atoms with E-state index < -0.39 is 0 Å². The SMILES string of the molecule is Cc1ccc(-c2csc3nc(SCC(=O)N4CCCC(C(N)=O)C4)n(C)c(=O)c23)cc1C. The summed E-state index contributed by atoms with van der Waals surface area (Å²) in [5.41, 5.74) is 9.57. The molecule has 1 atom stereocenters. The van der Waals surface area contributed by atoms with Crippen LogP contribution in [0.2, 0.25) is 0 Å².